The van der Waals surface area contributed by atoms with Gasteiger partial charge < -0.3 is 3.07 Å². The molecule has 1 unspecified atom stereocenters. The van der Waals surface area contributed by atoms with E-state index in [2.05, 4.69) is 8.16 Å². The SMILES string of the molecule is O=C(OI)C(c1ccc(F)cc1)n1ncccc1=O. The zero-order valence-corrected chi connectivity index (χ0v) is 11.7. The maximum Gasteiger partial charge on any atom is 0.345 e. The number of carbonyl (C=O) groups is 1. The molecule has 2 aromatic rings. The maximum atomic E-state index is 12.9. The Morgan fingerprint density at radius 2 is 2.00 bits per heavy atom. The Labute approximate surface area is 121 Å². The molecule has 0 bridgehead atoms. The van der Waals surface area contributed by atoms with Crippen LogP contribution in [-0.4, -0.2) is 15.7 Å². The number of benzene rings is 1. The van der Waals surface area contributed by atoms with E-state index in [1.807, 2.05) is 0 Å². The average molecular weight is 374 g/mol. The Hall–Kier alpha value is -1.77. The molecule has 0 aliphatic carbocycles. The summed E-state index contributed by atoms with van der Waals surface area (Å²) in [5.41, 5.74) is -0.0255. The number of halogens is 2. The van der Waals surface area contributed by atoms with E-state index >= 15 is 0 Å². The molecule has 7 heteroatoms. The molecule has 1 heterocycles. The number of aromatic nitrogens is 2. The third kappa shape index (κ3) is 2.98. The second-order valence-corrected chi connectivity index (χ2v) is 4.10. The molecular formula is C12H8FIN2O3. The van der Waals surface area contributed by atoms with Gasteiger partial charge >= 0.3 is 5.97 Å². The first-order chi connectivity index (χ1) is 9.13. The van der Waals surface area contributed by atoms with Gasteiger partial charge in [-0.2, -0.15) is 5.10 Å². The van der Waals surface area contributed by atoms with Gasteiger partial charge in [0.25, 0.3) is 5.56 Å². The first-order valence-electron chi connectivity index (χ1n) is 5.25. The van der Waals surface area contributed by atoms with Crippen LogP contribution in [0.25, 0.3) is 0 Å². The lowest BCUT2D eigenvalue weighted by atomic mass is 10.1. The Kier molecular flexibility index (Phi) is 4.25. The van der Waals surface area contributed by atoms with Crippen molar-refractivity contribution in [2.45, 2.75) is 6.04 Å². The fraction of sp³-hybridized carbons (Fsp3) is 0.0833. The fourth-order valence-corrected chi connectivity index (χ4v) is 1.87. The molecule has 5 nitrogen and oxygen atoms in total. The molecule has 98 valence electrons. The number of nitrogens with zero attached hydrogens (tertiary/aromatic N) is 2. The fourth-order valence-electron chi connectivity index (χ4n) is 1.63. The lowest BCUT2D eigenvalue weighted by Gasteiger charge is -2.15. The van der Waals surface area contributed by atoms with Crippen molar-refractivity contribution in [3.05, 3.63) is 64.3 Å². The van der Waals surface area contributed by atoms with Gasteiger partial charge in [-0.15, -0.1) is 0 Å². The van der Waals surface area contributed by atoms with Gasteiger partial charge in [-0.3, -0.25) is 4.79 Å². The topological polar surface area (TPSA) is 61.2 Å². The van der Waals surface area contributed by atoms with Crippen molar-refractivity contribution >= 4 is 29.0 Å². The summed E-state index contributed by atoms with van der Waals surface area (Å²) in [4.78, 5) is 23.6. The third-order valence-corrected chi connectivity index (χ3v) is 2.91. The summed E-state index contributed by atoms with van der Waals surface area (Å²) in [6.07, 6.45) is 1.39. The molecule has 1 aromatic heterocycles. The number of hydrogen-bond acceptors (Lipinski definition) is 4. The van der Waals surface area contributed by atoms with E-state index in [4.69, 9.17) is 0 Å². The minimum absolute atomic E-state index is 0.420. The van der Waals surface area contributed by atoms with E-state index in [0.717, 1.165) is 4.68 Å². The predicted molar refractivity (Wildman–Crippen MR) is 73.1 cm³/mol. The monoisotopic (exact) mass is 374 g/mol. The summed E-state index contributed by atoms with van der Waals surface area (Å²) in [5.74, 6) is -1.09. The first-order valence-corrected chi connectivity index (χ1v) is 6.13. The van der Waals surface area contributed by atoms with Crippen molar-refractivity contribution in [2.75, 3.05) is 0 Å². The molecule has 0 radical (unpaired) electrons. The van der Waals surface area contributed by atoms with Crippen LogP contribution in [-0.2, 0) is 7.86 Å². The van der Waals surface area contributed by atoms with Gasteiger partial charge in [0.1, 0.15) is 5.82 Å². The molecule has 0 aliphatic rings. The molecule has 0 spiro atoms. The van der Waals surface area contributed by atoms with Crippen molar-refractivity contribution < 1.29 is 12.3 Å². The van der Waals surface area contributed by atoms with Gasteiger partial charge in [0.15, 0.2) is 29.0 Å². The predicted octanol–water partition coefficient (Wildman–Crippen LogP) is 1.86. The van der Waals surface area contributed by atoms with E-state index in [9.17, 15) is 14.0 Å². The molecular weight excluding hydrogens is 366 g/mol. The van der Waals surface area contributed by atoms with Gasteiger partial charge in [-0.1, -0.05) is 12.1 Å². The summed E-state index contributed by atoms with van der Waals surface area (Å²) >= 11 is 1.43. The van der Waals surface area contributed by atoms with Gasteiger partial charge in [0.05, 0.1) is 0 Å². The van der Waals surface area contributed by atoms with Crippen LogP contribution in [0.1, 0.15) is 11.6 Å². The number of rotatable bonds is 3. The van der Waals surface area contributed by atoms with Crippen molar-refractivity contribution in [3.8, 4) is 0 Å². The van der Waals surface area contributed by atoms with Crippen LogP contribution in [0.3, 0.4) is 0 Å². The number of carbonyl (C=O) groups excluding carboxylic acids is 1. The van der Waals surface area contributed by atoms with Gasteiger partial charge in [0.2, 0.25) is 0 Å². The van der Waals surface area contributed by atoms with Crippen LogP contribution in [0, 0.1) is 5.82 Å². The molecule has 19 heavy (non-hydrogen) atoms. The van der Waals surface area contributed by atoms with Crippen LogP contribution in [0.2, 0.25) is 0 Å². The summed E-state index contributed by atoms with van der Waals surface area (Å²) in [6.45, 7) is 0. The summed E-state index contributed by atoms with van der Waals surface area (Å²) < 4.78 is 18.6. The van der Waals surface area contributed by atoms with E-state index < -0.39 is 23.4 Å². The zero-order valence-electron chi connectivity index (χ0n) is 9.49. The van der Waals surface area contributed by atoms with E-state index in [1.54, 1.807) is 0 Å². The molecule has 0 aliphatic heterocycles. The minimum Gasteiger partial charge on any atom is -0.393 e. The highest BCUT2D eigenvalue weighted by Crippen LogP contribution is 2.19. The normalized spacial score (nSPS) is 11.9. The van der Waals surface area contributed by atoms with Crippen LogP contribution in [0.5, 0.6) is 0 Å². The quantitative estimate of drug-likeness (QED) is 0.770. The Balaban J connectivity index is 2.54. The highest BCUT2D eigenvalue weighted by Gasteiger charge is 2.25. The largest absolute Gasteiger partial charge is 0.393 e. The Morgan fingerprint density at radius 3 is 2.58 bits per heavy atom. The second-order valence-electron chi connectivity index (χ2n) is 3.66. The lowest BCUT2D eigenvalue weighted by molar-refractivity contribution is -0.134. The van der Waals surface area contributed by atoms with Crippen molar-refractivity contribution in [2.24, 2.45) is 0 Å². The van der Waals surface area contributed by atoms with Gasteiger partial charge in [0, 0.05) is 12.3 Å². The molecule has 0 fully saturated rings. The molecule has 0 saturated heterocycles. The molecule has 0 saturated carbocycles. The summed E-state index contributed by atoms with van der Waals surface area (Å²) in [5, 5.41) is 3.85. The smallest absolute Gasteiger partial charge is 0.345 e. The standard InChI is InChI=1S/C12H8FIN2O3/c13-9-5-3-8(4-6-9)11(12(18)19-14)16-10(17)2-1-7-15-16/h1-7,11H. The van der Waals surface area contributed by atoms with Crippen molar-refractivity contribution in [3.63, 3.8) is 0 Å². The van der Waals surface area contributed by atoms with Crippen molar-refractivity contribution in [1.29, 1.82) is 0 Å². The molecule has 2 rings (SSSR count). The Bertz CT molecular complexity index is 642. The average Bonchev–Trinajstić information content (AvgIpc) is 2.43. The number of hydrogen-bond donors (Lipinski definition) is 0. The molecule has 0 N–H and O–H groups in total. The second kappa shape index (κ2) is 5.91. The molecule has 1 aromatic carbocycles. The molecule has 0 amide bonds. The maximum absolute atomic E-state index is 12.9. The lowest BCUT2D eigenvalue weighted by Crippen LogP contribution is -2.32. The highest BCUT2D eigenvalue weighted by molar-refractivity contribution is 14.1. The highest BCUT2D eigenvalue weighted by atomic mass is 127. The van der Waals surface area contributed by atoms with Crippen molar-refractivity contribution in [1.82, 2.24) is 9.78 Å². The van der Waals surface area contributed by atoms with Gasteiger partial charge in [-0.25, -0.2) is 13.9 Å². The zero-order chi connectivity index (χ0) is 13.8. The van der Waals surface area contributed by atoms with E-state index in [1.165, 1.54) is 65.6 Å². The van der Waals surface area contributed by atoms with Gasteiger partial charge in [-0.05, 0) is 23.8 Å². The molecule has 1 atom stereocenters. The third-order valence-electron chi connectivity index (χ3n) is 2.47. The van der Waals surface area contributed by atoms with E-state index in [0.29, 0.717) is 5.56 Å². The van der Waals surface area contributed by atoms with Crippen LogP contribution in [0.15, 0.2) is 47.4 Å². The Morgan fingerprint density at radius 1 is 1.32 bits per heavy atom. The van der Waals surface area contributed by atoms with E-state index in [-0.39, 0.29) is 0 Å². The first kappa shape index (κ1) is 13.7. The van der Waals surface area contributed by atoms with Crippen LogP contribution < -0.4 is 5.56 Å². The minimum atomic E-state index is -1.04. The summed E-state index contributed by atoms with van der Waals surface area (Å²) in [7, 11) is 0. The van der Waals surface area contributed by atoms with Crippen LogP contribution in [0.4, 0.5) is 4.39 Å². The summed E-state index contributed by atoms with van der Waals surface area (Å²) in [6, 6.07) is 6.95. The van der Waals surface area contributed by atoms with Crippen LogP contribution >= 0.6 is 23.0 Å².